The van der Waals surface area contributed by atoms with E-state index in [9.17, 15) is 0 Å². The number of furan rings is 1. The lowest BCUT2D eigenvalue weighted by Gasteiger charge is -2.05. The van der Waals surface area contributed by atoms with E-state index in [2.05, 4.69) is 15.9 Å². The Kier molecular flexibility index (Phi) is 3.64. The molecule has 0 aliphatic heterocycles. The number of halogens is 1. The van der Waals surface area contributed by atoms with Crippen LogP contribution in [0, 0.1) is 0 Å². The highest BCUT2D eigenvalue weighted by atomic mass is 79.9. The van der Waals surface area contributed by atoms with Gasteiger partial charge in [0.25, 0.3) is 0 Å². The number of anilines is 1. The lowest BCUT2D eigenvalue weighted by atomic mass is 10.2. The molecule has 16 heavy (non-hydrogen) atoms. The van der Waals surface area contributed by atoms with Crippen molar-refractivity contribution in [3.05, 3.63) is 52.4 Å². The zero-order chi connectivity index (χ0) is 11.4. The van der Waals surface area contributed by atoms with Gasteiger partial charge in [-0.2, -0.15) is 0 Å². The molecule has 0 saturated heterocycles. The molecule has 0 bridgehead atoms. The summed E-state index contributed by atoms with van der Waals surface area (Å²) in [5.41, 5.74) is 7.46. The van der Waals surface area contributed by atoms with Crippen LogP contribution in [0.4, 0.5) is 5.69 Å². The Morgan fingerprint density at radius 2 is 2.12 bits per heavy atom. The van der Waals surface area contributed by atoms with Crippen molar-refractivity contribution >= 4 is 21.6 Å². The lowest BCUT2D eigenvalue weighted by Crippen LogP contribution is -1.95. The predicted octanol–water partition coefficient (Wildman–Crippen LogP) is 3.34. The molecule has 84 valence electrons. The quantitative estimate of drug-likeness (QED) is 0.875. The van der Waals surface area contributed by atoms with Crippen LogP contribution in [0.25, 0.3) is 0 Å². The number of hydrogen-bond donors (Lipinski definition) is 1. The van der Waals surface area contributed by atoms with Crippen LogP contribution < -0.4 is 5.73 Å². The van der Waals surface area contributed by atoms with E-state index in [-0.39, 0.29) is 0 Å². The molecule has 0 amide bonds. The fourth-order valence-electron chi connectivity index (χ4n) is 1.34. The number of rotatable bonds is 4. The summed E-state index contributed by atoms with van der Waals surface area (Å²) in [6.07, 6.45) is 1.64. The average molecular weight is 282 g/mol. The van der Waals surface area contributed by atoms with Gasteiger partial charge in [-0.05, 0) is 29.8 Å². The van der Waals surface area contributed by atoms with E-state index in [0.717, 1.165) is 21.5 Å². The summed E-state index contributed by atoms with van der Waals surface area (Å²) >= 11 is 3.44. The van der Waals surface area contributed by atoms with Crippen LogP contribution in [0.5, 0.6) is 0 Å². The Morgan fingerprint density at radius 1 is 1.25 bits per heavy atom. The van der Waals surface area contributed by atoms with Gasteiger partial charge in [0.15, 0.2) is 0 Å². The molecule has 4 heteroatoms. The van der Waals surface area contributed by atoms with E-state index in [1.807, 2.05) is 30.3 Å². The molecule has 1 heterocycles. The van der Waals surface area contributed by atoms with Crippen molar-refractivity contribution in [1.82, 2.24) is 0 Å². The van der Waals surface area contributed by atoms with E-state index in [1.54, 1.807) is 6.26 Å². The van der Waals surface area contributed by atoms with Gasteiger partial charge in [0, 0.05) is 10.2 Å². The normalized spacial score (nSPS) is 10.6. The second-order valence-electron chi connectivity index (χ2n) is 3.42. The fraction of sp³-hybridized carbons (Fsp3) is 0.167. The minimum atomic E-state index is 0.476. The summed E-state index contributed by atoms with van der Waals surface area (Å²) in [6.45, 7) is 1.01. The first-order valence-electron chi connectivity index (χ1n) is 4.90. The number of ether oxygens (including phenoxy) is 1. The minimum absolute atomic E-state index is 0.476. The van der Waals surface area contributed by atoms with Gasteiger partial charge in [0.2, 0.25) is 0 Å². The molecule has 2 aromatic rings. The maximum atomic E-state index is 5.65. The zero-order valence-electron chi connectivity index (χ0n) is 8.65. The van der Waals surface area contributed by atoms with Crippen molar-refractivity contribution < 1.29 is 9.15 Å². The van der Waals surface area contributed by atoms with Crippen molar-refractivity contribution in [2.45, 2.75) is 13.2 Å². The van der Waals surface area contributed by atoms with Crippen LogP contribution in [0.1, 0.15) is 11.3 Å². The summed E-state index contributed by atoms with van der Waals surface area (Å²) in [4.78, 5) is 0. The van der Waals surface area contributed by atoms with Crippen molar-refractivity contribution in [3.63, 3.8) is 0 Å². The van der Waals surface area contributed by atoms with E-state index >= 15 is 0 Å². The molecule has 1 aromatic carbocycles. The molecule has 0 spiro atoms. The molecular formula is C12H12BrNO2. The van der Waals surface area contributed by atoms with Crippen molar-refractivity contribution in [3.8, 4) is 0 Å². The Balaban J connectivity index is 1.90. The van der Waals surface area contributed by atoms with Crippen LogP contribution in [-0.2, 0) is 18.0 Å². The van der Waals surface area contributed by atoms with Crippen molar-refractivity contribution in [2.24, 2.45) is 0 Å². The van der Waals surface area contributed by atoms with Gasteiger partial charge in [-0.25, -0.2) is 0 Å². The highest BCUT2D eigenvalue weighted by molar-refractivity contribution is 9.10. The number of hydrogen-bond acceptors (Lipinski definition) is 3. The largest absolute Gasteiger partial charge is 0.467 e. The standard InChI is InChI=1S/C12H12BrNO2/c13-12-6-10(14)4-3-9(12)7-15-8-11-2-1-5-16-11/h1-6H,7-8,14H2. The molecule has 1 aromatic heterocycles. The maximum Gasteiger partial charge on any atom is 0.129 e. The van der Waals surface area contributed by atoms with Crippen LogP contribution in [0.15, 0.2) is 45.5 Å². The molecule has 0 unspecified atom stereocenters. The number of nitrogens with two attached hydrogens (primary N) is 1. The van der Waals surface area contributed by atoms with Gasteiger partial charge < -0.3 is 14.9 Å². The Hall–Kier alpha value is -1.26. The van der Waals surface area contributed by atoms with Gasteiger partial charge in [0.05, 0.1) is 12.9 Å². The minimum Gasteiger partial charge on any atom is -0.467 e. The molecule has 0 aliphatic carbocycles. The van der Waals surface area contributed by atoms with E-state index in [4.69, 9.17) is 14.9 Å². The zero-order valence-corrected chi connectivity index (χ0v) is 10.2. The van der Waals surface area contributed by atoms with Crippen LogP contribution in [0.2, 0.25) is 0 Å². The van der Waals surface area contributed by atoms with E-state index < -0.39 is 0 Å². The third-order valence-electron chi connectivity index (χ3n) is 2.16. The van der Waals surface area contributed by atoms with Crippen LogP contribution in [-0.4, -0.2) is 0 Å². The summed E-state index contributed by atoms with van der Waals surface area (Å²) in [5, 5.41) is 0. The maximum absolute atomic E-state index is 5.65. The topological polar surface area (TPSA) is 48.4 Å². The van der Waals surface area contributed by atoms with Crippen molar-refractivity contribution in [2.75, 3.05) is 5.73 Å². The first kappa shape index (κ1) is 11.2. The molecule has 0 aliphatic rings. The van der Waals surface area contributed by atoms with Crippen LogP contribution >= 0.6 is 15.9 Å². The van der Waals surface area contributed by atoms with Gasteiger partial charge in [-0.1, -0.05) is 22.0 Å². The fourth-order valence-corrected chi connectivity index (χ4v) is 1.85. The summed E-state index contributed by atoms with van der Waals surface area (Å²) in [5.74, 6) is 0.826. The molecule has 2 N–H and O–H groups in total. The van der Waals surface area contributed by atoms with E-state index in [1.165, 1.54) is 0 Å². The average Bonchev–Trinajstić information content (AvgIpc) is 2.74. The van der Waals surface area contributed by atoms with Gasteiger partial charge >= 0.3 is 0 Å². The van der Waals surface area contributed by atoms with Crippen LogP contribution in [0.3, 0.4) is 0 Å². The molecule has 0 atom stereocenters. The van der Waals surface area contributed by atoms with Gasteiger partial charge in [0.1, 0.15) is 12.4 Å². The molecule has 3 nitrogen and oxygen atoms in total. The Labute approximate surface area is 102 Å². The first-order valence-corrected chi connectivity index (χ1v) is 5.69. The second kappa shape index (κ2) is 5.18. The molecular weight excluding hydrogens is 270 g/mol. The summed E-state index contributed by atoms with van der Waals surface area (Å²) < 4.78 is 11.6. The highest BCUT2D eigenvalue weighted by Crippen LogP contribution is 2.20. The van der Waals surface area contributed by atoms with Gasteiger partial charge in [-0.15, -0.1) is 0 Å². The first-order chi connectivity index (χ1) is 7.75. The smallest absolute Gasteiger partial charge is 0.129 e. The molecule has 0 radical (unpaired) electrons. The number of benzene rings is 1. The molecule has 2 rings (SSSR count). The number of nitrogen functional groups attached to an aromatic ring is 1. The Morgan fingerprint density at radius 3 is 2.81 bits per heavy atom. The molecule has 0 saturated carbocycles. The third kappa shape index (κ3) is 2.87. The summed E-state index contributed by atoms with van der Waals surface area (Å²) in [7, 11) is 0. The lowest BCUT2D eigenvalue weighted by molar-refractivity contribution is 0.0926. The second-order valence-corrected chi connectivity index (χ2v) is 4.28. The molecule has 0 fully saturated rings. The Bertz CT molecular complexity index is 454. The van der Waals surface area contributed by atoms with Gasteiger partial charge in [-0.3, -0.25) is 0 Å². The highest BCUT2D eigenvalue weighted by Gasteiger charge is 2.01. The van der Waals surface area contributed by atoms with Crippen molar-refractivity contribution in [1.29, 1.82) is 0 Å². The summed E-state index contributed by atoms with van der Waals surface area (Å²) in [6, 6.07) is 9.40. The monoisotopic (exact) mass is 281 g/mol. The SMILES string of the molecule is Nc1ccc(COCc2ccco2)c(Br)c1. The predicted molar refractivity (Wildman–Crippen MR) is 65.8 cm³/mol. The third-order valence-corrected chi connectivity index (χ3v) is 2.90. The van der Waals surface area contributed by atoms with E-state index in [0.29, 0.717) is 13.2 Å².